The van der Waals surface area contributed by atoms with Crippen LogP contribution in [0.25, 0.3) is 21.3 Å². The summed E-state index contributed by atoms with van der Waals surface area (Å²) in [5, 5.41) is 0.645. The van der Waals surface area contributed by atoms with Crippen LogP contribution in [-0.2, 0) is 0 Å². The number of anilines is 1. The lowest BCUT2D eigenvalue weighted by atomic mass is 10.3. The summed E-state index contributed by atoms with van der Waals surface area (Å²) in [6.07, 6.45) is 1.51. The maximum absolute atomic E-state index is 12.7. The van der Waals surface area contributed by atoms with E-state index < -0.39 is 0 Å². The Labute approximate surface area is 136 Å². The maximum Gasteiger partial charge on any atom is 0.280 e. The highest BCUT2D eigenvalue weighted by Crippen LogP contribution is 2.28. The Morgan fingerprint density at radius 2 is 1.65 bits per heavy atom. The molecule has 0 radical (unpaired) electrons. The number of carbonyl (C=O) groups excluding carboxylic acids is 1. The van der Waals surface area contributed by atoms with Crippen LogP contribution in [0.5, 0.6) is 0 Å². The average Bonchev–Trinajstić information content (AvgIpc) is 3.04. The van der Waals surface area contributed by atoms with Gasteiger partial charge in [-0.25, -0.2) is 9.97 Å². The first kappa shape index (κ1) is 13.8. The van der Waals surface area contributed by atoms with E-state index in [4.69, 9.17) is 0 Å². The third-order valence-corrected chi connectivity index (χ3v) is 4.65. The molecule has 4 rings (SSSR count). The minimum absolute atomic E-state index is 0.220. The fourth-order valence-corrected chi connectivity index (χ4v) is 3.25. The van der Waals surface area contributed by atoms with Gasteiger partial charge in [0.2, 0.25) is 0 Å². The van der Waals surface area contributed by atoms with Gasteiger partial charge in [-0.05, 0) is 24.3 Å². The molecule has 0 aliphatic rings. The molecule has 4 aromatic rings. The zero-order chi connectivity index (χ0) is 15.8. The third-order valence-electron chi connectivity index (χ3n) is 3.54. The standard InChI is InChI=1S/C17H12N4OS/c1-21(17-20-13-8-4-5-9-15(13)23-17)16(22)14-10-18-11-6-2-3-7-12(11)19-14/h2-10H,1H3. The third kappa shape index (κ3) is 2.43. The molecule has 1 amide bonds. The van der Waals surface area contributed by atoms with Crippen LogP contribution in [0.15, 0.2) is 54.7 Å². The Kier molecular flexibility index (Phi) is 3.24. The van der Waals surface area contributed by atoms with Crippen LogP contribution in [0, 0.1) is 0 Å². The minimum atomic E-state index is -0.220. The lowest BCUT2D eigenvalue weighted by Gasteiger charge is -2.12. The fraction of sp³-hybridized carbons (Fsp3) is 0.0588. The number of para-hydroxylation sites is 3. The average molecular weight is 320 g/mol. The SMILES string of the molecule is CN(C(=O)c1cnc2ccccc2n1)c1nc2ccccc2s1. The van der Waals surface area contributed by atoms with E-state index in [9.17, 15) is 4.79 Å². The fourth-order valence-electron chi connectivity index (χ4n) is 2.32. The van der Waals surface area contributed by atoms with Crippen LogP contribution in [-0.4, -0.2) is 27.9 Å². The monoisotopic (exact) mass is 320 g/mol. The number of benzene rings is 2. The Morgan fingerprint density at radius 3 is 2.43 bits per heavy atom. The maximum atomic E-state index is 12.7. The molecule has 0 unspecified atom stereocenters. The zero-order valence-electron chi connectivity index (χ0n) is 12.3. The Bertz CT molecular complexity index is 994. The minimum Gasteiger partial charge on any atom is -0.286 e. The van der Waals surface area contributed by atoms with Gasteiger partial charge in [0, 0.05) is 7.05 Å². The quantitative estimate of drug-likeness (QED) is 0.567. The molecular weight excluding hydrogens is 308 g/mol. The molecule has 112 valence electrons. The Hall–Kier alpha value is -2.86. The molecule has 2 aromatic heterocycles. The molecule has 0 saturated heterocycles. The highest BCUT2D eigenvalue weighted by atomic mass is 32.1. The molecule has 0 atom stereocenters. The summed E-state index contributed by atoms with van der Waals surface area (Å²) in [5.74, 6) is -0.220. The van der Waals surface area contributed by atoms with Crippen molar-refractivity contribution in [3.05, 3.63) is 60.4 Å². The molecule has 2 aromatic carbocycles. The number of aromatic nitrogens is 3. The number of nitrogens with zero attached hydrogens (tertiary/aromatic N) is 4. The summed E-state index contributed by atoms with van der Waals surface area (Å²) >= 11 is 1.48. The van der Waals surface area contributed by atoms with Gasteiger partial charge in [0.1, 0.15) is 5.69 Å². The number of hydrogen-bond donors (Lipinski definition) is 0. The van der Waals surface area contributed by atoms with Crippen LogP contribution in [0.3, 0.4) is 0 Å². The summed E-state index contributed by atoms with van der Waals surface area (Å²) < 4.78 is 1.05. The zero-order valence-corrected chi connectivity index (χ0v) is 13.1. The molecular formula is C17H12N4OS. The van der Waals surface area contributed by atoms with E-state index in [2.05, 4.69) is 15.0 Å². The van der Waals surface area contributed by atoms with E-state index in [-0.39, 0.29) is 5.91 Å². The van der Waals surface area contributed by atoms with E-state index in [0.717, 1.165) is 15.7 Å². The predicted molar refractivity (Wildman–Crippen MR) is 91.9 cm³/mol. The van der Waals surface area contributed by atoms with Gasteiger partial charge in [-0.2, -0.15) is 0 Å². The molecule has 0 N–H and O–H groups in total. The van der Waals surface area contributed by atoms with E-state index in [1.165, 1.54) is 22.4 Å². The first-order valence-electron chi connectivity index (χ1n) is 7.08. The van der Waals surface area contributed by atoms with Gasteiger partial charge in [-0.15, -0.1) is 0 Å². The molecule has 0 spiro atoms. The number of rotatable bonds is 2. The van der Waals surface area contributed by atoms with Crippen LogP contribution in [0.4, 0.5) is 5.13 Å². The molecule has 0 aliphatic heterocycles. The van der Waals surface area contributed by atoms with Gasteiger partial charge in [-0.1, -0.05) is 35.6 Å². The highest BCUT2D eigenvalue weighted by molar-refractivity contribution is 7.22. The molecule has 0 fully saturated rings. The smallest absolute Gasteiger partial charge is 0.280 e. The number of amides is 1. The van der Waals surface area contributed by atoms with E-state index in [1.54, 1.807) is 7.05 Å². The van der Waals surface area contributed by atoms with Gasteiger partial charge in [0.05, 0.1) is 27.4 Å². The van der Waals surface area contributed by atoms with Crippen molar-refractivity contribution in [2.75, 3.05) is 11.9 Å². The largest absolute Gasteiger partial charge is 0.286 e. The Balaban J connectivity index is 1.71. The molecule has 5 nitrogen and oxygen atoms in total. The van der Waals surface area contributed by atoms with Gasteiger partial charge in [0.25, 0.3) is 5.91 Å². The van der Waals surface area contributed by atoms with Gasteiger partial charge >= 0.3 is 0 Å². The summed E-state index contributed by atoms with van der Waals surface area (Å²) in [7, 11) is 1.71. The second kappa shape index (κ2) is 5.40. The van der Waals surface area contributed by atoms with Crippen LogP contribution < -0.4 is 4.90 Å². The second-order valence-electron chi connectivity index (χ2n) is 5.07. The lowest BCUT2D eigenvalue weighted by Crippen LogP contribution is -2.27. The number of fused-ring (bicyclic) bond motifs is 2. The van der Waals surface area contributed by atoms with Gasteiger partial charge < -0.3 is 0 Å². The van der Waals surface area contributed by atoms with Crippen molar-refractivity contribution in [1.29, 1.82) is 0 Å². The van der Waals surface area contributed by atoms with Crippen LogP contribution in [0.1, 0.15) is 10.5 Å². The molecule has 2 heterocycles. The lowest BCUT2D eigenvalue weighted by molar-refractivity contribution is 0.0988. The first-order chi connectivity index (χ1) is 11.2. The summed E-state index contributed by atoms with van der Waals surface area (Å²) in [4.78, 5) is 27.4. The number of thiazole rings is 1. The Morgan fingerprint density at radius 1 is 0.957 bits per heavy atom. The first-order valence-corrected chi connectivity index (χ1v) is 7.89. The van der Waals surface area contributed by atoms with Crippen molar-refractivity contribution in [2.24, 2.45) is 0 Å². The topological polar surface area (TPSA) is 59.0 Å². The molecule has 23 heavy (non-hydrogen) atoms. The van der Waals surface area contributed by atoms with Crippen molar-refractivity contribution in [3.63, 3.8) is 0 Å². The van der Waals surface area contributed by atoms with Crippen molar-refractivity contribution >= 4 is 43.6 Å². The molecule has 0 saturated carbocycles. The van der Waals surface area contributed by atoms with Crippen LogP contribution in [0.2, 0.25) is 0 Å². The van der Waals surface area contributed by atoms with E-state index in [0.29, 0.717) is 16.3 Å². The number of carbonyl (C=O) groups is 1. The second-order valence-corrected chi connectivity index (χ2v) is 6.08. The molecule has 6 heteroatoms. The van der Waals surface area contributed by atoms with Crippen molar-refractivity contribution in [3.8, 4) is 0 Å². The van der Waals surface area contributed by atoms with Crippen molar-refractivity contribution < 1.29 is 4.79 Å². The van der Waals surface area contributed by atoms with Crippen molar-refractivity contribution in [1.82, 2.24) is 15.0 Å². The highest BCUT2D eigenvalue weighted by Gasteiger charge is 2.19. The van der Waals surface area contributed by atoms with Crippen LogP contribution >= 0.6 is 11.3 Å². The molecule has 0 aliphatic carbocycles. The summed E-state index contributed by atoms with van der Waals surface area (Å²) in [5.41, 5.74) is 2.67. The normalized spacial score (nSPS) is 11.0. The molecule has 0 bridgehead atoms. The van der Waals surface area contributed by atoms with E-state index in [1.807, 2.05) is 48.5 Å². The number of hydrogen-bond acceptors (Lipinski definition) is 5. The predicted octanol–water partition coefficient (Wildman–Crippen LogP) is 3.52. The van der Waals surface area contributed by atoms with E-state index >= 15 is 0 Å². The summed E-state index contributed by atoms with van der Waals surface area (Å²) in [6, 6.07) is 15.3. The summed E-state index contributed by atoms with van der Waals surface area (Å²) in [6.45, 7) is 0. The van der Waals surface area contributed by atoms with Crippen molar-refractivity contribution in [2.45, 2.75) is 0 Å². The van der Waals surface area contributed by atoms with Gasteiger partial charge in [0.15, 0.2) is 5.13 Å². The van der Waals surface area contributed by atoms with Gasteiger partial charge in [-0.3, -0.25) is 14.7 Å².